The second-order valence-corrected chi connectivity index (χ2v) is 9.93. The van der Waals surface area contributed by atoms with Crippen LogP contribution in [-0.4, -0.2) is 26.4 Å². The third-order valence-electron chi connectivity index (χ3n) is 5.77. The number of hydrogen-bond donors (Lipinski definition) is 0. The maximum absolute atomic E-state index is 5.93. The van der Waals surface area contributed by atoms with Gasteiger partial charge in [0, 0.05) is 18.6 Å². The van der Waals surface area contributed by atoms with Crippen molar-refractivity contribution in [2.75, 3.05) is 26.4 Å². The van der Waals surface area contributed by atoms with Crippen LogP contribution in [0.25, 0.3) is 0 Å². The van der Waals surface area contributed by atoms with Crippen LogP contribution in [0.15, 0.2) is 0 Å². The summed E-state index contributed by atoms with van der Waals surface area (Å²) in [7, 11) is 0. The zero-order chi connectivity index (χ0) is 21.5. The summed E-state index contributed by atoms with van der Waals surface area (Å²) < 4.78 is 11.9. The van der Waals surface area contributed by atoms with Crippen molar-refractivity contribution in [3.63, 3.8) is 0 Å². The molecule has 0 amide bonds. The molecule has 0 aromatic carbocycles. The maximum atomic E-state index is 5.93. The van der Waals surface area contributed by atoms with E-state index < -0.39 is 0 Å². The maximum Gasteiger partial charge on any atom is 0.0539 e. The van der Waals surface area contributed by atoms with Gasteiger partial charge in [-0.2, -0.15) is 0 Å². The van der Waals surface area contributed by atoms with Gasteiger partial charge in [0.1, 0.15) is 0 Å². The molecule has 0 aromatic rings. The van der Waals surface area contributed by atoms with Gasteiger partial charge in [0.2, 0.25) is 0 Å². The van der Waals surface area contributed by atoms with Gasteiger partial charge in [0.05, 0.1) is 13.2 Å². The Balaban J connectivity index is 3.30. The van der Waals surface area contributed by atoms with E-state index in [-0.39, 0.29) is 5.41 Å². The van der Waals surface area contributed by atoms with E-state index in [1.165, 1.54) is 116 Å². The molecule has 0 aliphatic rings. The minimum Gasteiger partial charge on any atom is -0.381 e. The molecule has 29 heavy (non-hydrogen) atoms. The van der Waals surface area contributed by atoms with Crippen molar-refractivity contribution in [2.45, 2.75) is 143 Å². The van der Waals surface area contributed by atoms with Crippen LogP contribution in [0.2, 0.25) is 0 Å². The van der Waals surface area contributed by atoms with Crippen molar-refractivity contribution in [3.8, 4) is 0 Å². The predicted molar refractivity (Wildman–Crippen MR) is 130 cm³/mol. The largest absolute Gasteiger partial charge is 0.381 e. The first-order chi connectivity index (χ1) is 14.1. The summed E-state index contributed by atoms with van der Waals surface area (Å²) in [6.07, 6.45) is 24.7. The van der Waals surface area contributed by atoms with Gasteiger partial charge in [-0.25, -0.2) is 0 Å². The van der Waals surface area contributed by atoms with Crippen LogP contribution in [0.3, 0.4) is 0 Å². The fourth-order valence-electron chi connectivity index (χ4n) is 3.77. The zero-order valence-electron chi connectivity index (χ0n) is 20.9. The highest BCUT2D eigenvalue weighted by molar-refractivity contribution is 4.66. The van der Waals surface area contributed by atoms with Gasteiger partial charge in [0.25, 0.3) is 0 Å². The molecule has 0 saturated heterocycles. The van der Waals surface area contributed by atoms with Gasteiger partial charge in [-0.15, -0.1) is 0 Å². The second kappa shape index (κ2) is 22.6. The van der Waals surface area contributed by atoms with E-state index >= 15 is 0 Å². The molecule has 0 atom stereocenters. The minimum atomic E-state index is 0.138. The lowest BCUT2D eigenvalue weighted by molar-refractivity contribution is -0.00512. The Kier molecular flexibility index (Phi) is 22.5. The van der Waals surface area contributed by atoms with Crippen LogP contribution in [0.4, 0.5) is 0 Å². The molecule has 0 aliphatic carbocycles. The molecule has 0 rings (SSSR count). The van der Waals surface area contributed by atoms with E-state index in [9.17, 15) is 0 Å². The van der Waals surface area contributed by atoms with E-state index in [1.54, 1.807) is 0 Å². The van der Waals surface area contributed by atoms with E-state index in [2.05, 4.69) is 27.7 Å². The van der Waals surface area contributed by atoms with Gasteiger partial charge < -0.3 is 9.47 Å². The average molecular weight is 413 g/mol. The highest BCUT2D eigenvalue weighted by Crippen LogP contribution is 2.17. The van der Waals surface area contributed by atoms with Crippen LogP contribution in [0, 0.1) is 5.41 Å². The lowest BCUT2D eigenvalue weighted by Gasteiger charge is -2.24. The third kappa shape index (κ3) is 24.1. The molecule has 0 spiro atoms. The highest BCUT2D eigenvalue weighted by Gasteiger charge is 2.18. The Morgan fingerprint density at radius 2 is 0.690 bits per heavy atom. The van der Waals surface area contributed by atoms with E-state index in [0.717, 1.165) is 26.4 Å². The minimum absolute atomic E-state index is 0.138. The summed E-state index contributed by atoms with van der Waals surface area (Å²) in [4.78, 5) is 0. The second-order valence-electron chi connectivity index (χ2n) is 9.93. The molecule has 0 radical (unpaired) electrons. The number of ether oxygens (including phenoxy) is 2. The Morgan fingerprint density at radius 1 is 0.414 bits per heavy atom. The first kappa shape index (κ1) is 28.9. The predicted octanol–water partition coefficient (Wildman–Crippen LogP) is 9.11. The first-order valence-electron chi connectivity index (χ1n) is 13.3. The summed E-state index contributed by atoms with van der Waals surface area (Å²) in [6, 6.07) is 0. The fourth-order valence-corrected chi connectivity index (χ4v) is 3.77. The molecule has 0 aromatic heterocycles. The summed E-state index contributed by atoms with van der Waals surface area (Å²) >= 11 is 0. The highest BCUT2D eigenvalue weighted by atomic mass is 16.5. The lowest BCUT2D eigenvalue weighted by Crippen LogP contribution is -2.26. The van der Waals surface area contributed by atoms with Crippen LogP contribution in [0.5, 0.6) is 0 Å². The van der Waals surface area contributed by atoms with Gasteiger partial charge in [-0.1, -0.05) is 130 Å². The monoisotopic (exact) mass is 412 g/mol. The van der Waals surface area contributed by atoms with E-state index in [0.29, 0.717) is 0 Å². The molecule has 2 heteroatoms. The molecule has 0 bridgehead atoms. The van der Waals surface area contributed by atoms with Crippen LogP contribution >= 0.6 is 0 Å². The molecule has 0 heterocycles. The summed E-state index contributed by atoms with van der Waals surface area (Å²) in [5.74, 6) is 0. The van der Waals surface area contributed by atoms with Crippen molar-refractivity contribution in [2.24, 2.45) is 5.41 Å². The van der Waals surface area contributed by atoms with E-state index in [1.807, 2.05) is 0 Å². The molecular formula is C27H56O2. The van der Waals surface area contributed by atoms with Crippen molar-refractivity contribution in [3.05, 3.63) is 0 Å². The normalized spacial score (nSPS) is 12.0. The number of hydrogen-bond acceptors (Lipinski definition) is 2. The Bertz CT molecular complexity index is 301. The quantitative estimate of drug-likeness (QED) is 0.147. The topological polar surface area (TPSA) is 18.5 Å². The third-order valence-corrected chi connectivity index (χ3v) is 5.77. The summed E-state index contributed by atoms with van der Waals surface area (Å²) in [5, 5.41) is 0. The summed E-state index contributed by atoms with van der Waals surface area (Å²) in [5.41, 5.74) is 0.138. The standard InChI is InChI=1S/C27H56O2/c1-5-7-9-11-13-15-16-18-20-22-24-29-26-27(3,4)25-28-23-21-19-17-14-12-10-8-6-2/h5-26H2,1-4H3. The van der Waals surface area contributed by atoms with Gasteiger partial charge in [0.15, 0.2) is 0 Å². The van der Waals surface area contributed by atoms with Crippen molar-refractivity contribution >= 4 is 0 Å². The molecule has 0 aliphatic heterocycles. The molecule has 0 N–H and O–H groups in total. The van der Waals surface area contributed by atoms with Crippen LogP contribution < -0.4 is 0 Å². The van der Waals surface area contributed by atoms with Gasteiger partial charge in [-0.05, 0) is 12.8 Å². The molecule has 0 unspecified atom stereocenters. The van der Waals surface area contributed by atoms with E-state index in [4.69, 9.17) is 9.47 Å². The average Bonchev–Trinajstić information content (AvgIpc) is 2.70. The lowest BCUT2D eigenvalue weighted by atomic mass is 9.96. The van der Waals surface area contributed by atoms with Crippen molar-refractivity contribution in [1.82, 2.24) is 0 Å². The Morgan fingerprint density at radius 3 is 1.00 bits per heavy atom. The number of unbranched alkanes of at least 4 members (excludes halogenated alkanes) is 16. The Labute approximate surface area is 184 Å². The van der Waals surface area contributed by atoms with Crippen LogP contribution in [-0.2, 0) is 9.47 Å². The molecule has 0 fully saturated rings. The van der Waals surface area contributed by atoms with Crippen LogP contribution in [0.1, 0.15) is 143 Å². The van der Waals surface area contributed by atoms with Gasteiger partial charge >= 0.3 is 0 Å². The van der Waals surface area contributed by atoms with Crippen molar-refractivity contribution in [1.29, 1.82) is 0 Å². The molecular weight excluding hydrogens is 356 g/mol. The SMILES string of the molecule is CCCCCCCCCCCCOCC(C)(C)COCCCCCCCCCC. The number of rotatable bonds is 24. The Hall–Kier alpha value is -0.0800. The molecule has 176 valence electrons. The first-order valence-corrected chi connectivity index (χ1v) is 13.3. The fraction of sp³-hybridized carbons (Fsp3) is 1.00. The van der Waals surface area contributed by atoms with Crippen molar-refractivity contribution < 1.29 is 9.47 Å². The zero-order valence-corrected chi connectivity index (χ0v) is 20.9. The molecule has 0 saturated carbocycles. The van der Waals surface area contributed by atoms with Gasteiger partial charge in [-0.3, -0.25) is 0 Å². The smallest absolute Gasteiger partial charge is 0.0539 e. The summed E-state index contributed by atoms with van der Waals surface area (Å²) in [6.45, 7) is 12.6. The molecule has 2 nitrogen and oxygen atoms in total.